The fourth-order valence-corrected chi connectivity index (χ4v) is 4.33. The molecule has 0 unspecified atom stereocenters. The van der Waals surface area contributed by atoms with Gasteiger partial charge in [-0.15, -0.1) is 10.2 Å². The van der Waals surface area contributed by atoms with Crippen molar-refractivity contribution in [2.24, 2.45) is 0 Å². The number of benzene rings is 2. The van der Waals surface area contributed by atoms with E-state index >= 15 is 0 Å². The summed E-state index contributed by atoms with van der Waals surface area (Å²) in [5.74, 6) is -0.295. The van der Waals surface area contributed by atoms with Gasteiger partial charge in [-0.25, -0.2) is 4.39 Å². The maximum absolute atomic E-state index is 14.1. The van der Waals surface area contributed by atoms with Crippen LogP contribution in [-0.4, -0.2) is 57.0 Å². The monoisotopic (exact) mass is 411 g/mol. The lowest BCUT2D eigenvalue weighted by Gasteiger charge is -2.37. The van der Waals surface area contributed by atoms with Gasteiger partial charge in [0.15, 0.2) is 5.16 Å². The molecule has 1 saturated heterocycles. The summed E-state index contributed by atoms with van der Waals surface area (Å²) in [5.41, 5.74) is 1.55. The summed E-state index contributed by atoms with van der Waals surface area (Å²) in [6.07, 6.45) is 1.47. The zero-order valence-corrected chi connectivity index (χ0v) is 16.9. The number of thioether (sulfide) groups is 1. The molecule has 1 aliphatic rings. The van der Waals surface area contributed by atoms with E-state index in [0.29, 0.717) is 23.9 Å². The first-order chi connectivity index (χ1) is 14.1. The van der Waals surface area contributed by atoms with Crippen LogP contribution in [0.1, 0.15) is 6.92 Å². The molecule has 1 aromatic heterocycles. The lowest BCUT2D eigenvalue weighted by molar-refractivity contribution is -0.130. The molecule has 0 spiro atoms. The Balaban J connectivity index is 1.39. The number of halogens is 1. The average molecular weight is 412 g/mol. The zero-order chi connectivity index (χ0) is 20.2. The normalized spacial score (nSPS) is 15.4. The fraction of sp³-hybridized carbons (Fsp3) is 0.286. The molecule has 1 aliphatic heterocycles. The van der Waals surface area contributed by atoms with E-state index in [1.165, 1.54) is 29.8 Å². The molecule has 2 heterocycles. The van der Waals surface area contributed by atoms with Gasteiger partial charge in [-0.2, -0.15) is 0 Å². The van der Waals surface area contributed by atoms with Crippen molar-refractivity contribution in [2.75, 3.05) is 31.1 Å². The highest BCUT2D eigenvalue weighted by Crippen LogP contribution is 2.26. The summed E-state index contributed by atoms with van der Waals surface area (Å²) in [5, 5.41) is 8.14. The van der Waals surface area contributed by atoms with Gasteiger partial charge in [-0.3, -0.25) is 9.36 Å². The van der Waals surface area contributed by atoms with E-state index in [-0.39, 0.29) is 17.0 Å². The Morgan fingerprint density at radius 1 is 1.03 bits per heavy atom. The summed E-state index contributed by atoms with van der Waals surface area (Å²) >= 11 is 1.30. The Kier molecular flexibility index (Phi) is 5.80. The fourth-order valence-electron chi connectivity index (χ4n) is 3.41. The Bertz CT molecular complexity index is 972. The number of carbonyl (C=O) groups excluding carboxylic acids is 1. The number of piperazine rings is 1. The lowest BCUT2D eigenvalue weighted by atomic mass is 10.2. The second-order valence-corrected chi connectivity index (χ2v) is 8.15. The Hall–Kier alpha value is -2.87. The summed E-state index contributed by atoms with van der Waals surface area (Å²) in [6.45, 7) is 4.82. The molecule has 0 saturated carbocycles. The van der Waals surface area contributed by atoms with Gasteiger partial charge in [0.25, 0.3) is 0 Å². The molecule has 2 aromatic carbocycles. The van der Waals surface area contributed by atoms with Crippen molar-refractivity contribution in [1.82, 2.24) is 19.7 Å². The number of carbonyl (C=O) groups is 1. The van der Waals surface area contributed by atoms with Crippen molar-refractivity contribution >= 4 is 23.4 Å². The number of hydrogen-bond donors (Lipinski definition) is 0. The minimum absolute atomic E-state index is 0.0609. The van der Waals surface area contributed by atoms with Crippen LogP contribution in [0, 0.1) is 5.82 Å². The first-order valence-corrected chi connectivity index (χ1v) is 10.4. The molecule has 0 radical (unpaired) electrons. The van der Waals surface area contributed by atoms with Crippen molar-refractivity contribution in [3.05, 3.63) is 66.7 Å². The van der Waals surface area contributed by atoms with E-state index in [0.717, 1.165) is 13.1 Å². The van der Waals surface area contributed by atoms with E-state index in [4.69, 9.17) is 0 Å². The number of aromatic nitrogens is 3. The van der Waals surface area contributed by atoms with E-state index in [2.05, 4.69) is 27.2 Å². The predicted octanol–water partition coefficient (Wildman–Crippen LogP) is 3.24. The second-order valence-electron chi connectivity index (χ2n) is 6.84. The number of anilines is 1. The van der Waals surface area contributed by atoms with Crippen LogP contribution in [0.4, 0.5) is 10.1 Å². The number of amides is 1. The minimum atomic E-state index is -0.356. The Labute approximate surface area is 173 Å². The molecule has 29 heavy (non-hydrogen) atoms. The van der Waals surface area contributed by atoms with Crippen LogP contribution in [-0.2, 0) is 4.79 Å². The van der Waals surface area contributed by atoms with Crippen molar-refractivity contribution < 1.29 is 9.18 Å². The van der Waals surface area contributed by atoms with Gasteiger partial charge in [0.1, 0.15) is 12.1 Å². The summed E-state index contributed by atoms with van der Waals surface area (Å²) in [4.78, 5) is 17.1. The van der Waals surface area contributed by atoms with Gasteiger partial charge < -0.3 is 9.80 Å². The van der Waals surface area contributed by atoms with Crippen LogP contribution >= 0.6 is 11.8 Å². The summed E-state index contributed by atoms with van der Waals surface area (Å²) in [6, 6.07) is 16.7. The molecule has 6 nitrogen and oxygen atoms in total. The smallest absolute Gasteiger partial charge is 0.236 e. The molecule has 0 N–H and O–H groups in total. The van der Waals surface area contributed by atoms with Gasteiger partial charge >= 0.3 is 0 Å². The molecule has 8 heteroatoms. The van der Waals surface area contributed by atoms with Gasteiger partial charge in [-0.05, 0) is 31.2 Å². The van der Waals surface area contributed by atoms with Gasteiger partial charge in [0.2, 0.25) is 5.91 Å². The largest absolute Gasteiger partial charge is 0.368 e. The van der Waals surface area contributed by atoms with E-state index in [1.807, 2.05) is 30.0 Å². The maximum atomic E-state index is 14.1. The summed E-state index contributed by atoms with van der Waals surface area (Å²) < 4.78 is 15.7. The van der Waals surface area contributed by atoms with Crippen LogP contribution < -0.4 is 4.90 Å². The molecule has 1 amide bonds. The Morgan fingerprint density at radius 2 is 1.72 bits per heavy atom. The number of nitrogens with zero attached hydrogens (tertiary/aromatic N) is 5. The standard InChI is InChI=1S/C21H22FN5OS/c1-16(29-21-24-23-15-27(21)19-10-6-5-9-18(19)22)20(28)26-13-11-25(12-14-26)17-7-3-2-4-8-17/h2-10,15-16H,11-14H2,1H3/t16-/m1/s1. The highest BCUT2D eigenvalue weighted by Gasteiger charge is 2.27. The zero-order valence-electron chi connectivity index (χ0n) is 16.1. The van der Waals surface area contributed by atoms with Gasteiger partial charge in [-0.1, -0.05) is 42.1 Å². The third-order valence-corrected chi connectivity index (χ3v) is 6.02. The quantitative estimate of drug-likeness (QED) is 0.604. The second kappa shape index (κ2) is 8.65. The molecule has 0 aliphatic carbocycles. The highest BCUT2D eigenvalue weighted by molar-refractivity contribution is 8.00. The van der Waals surface area contributed by atoms with Crippen molar-refractivity contribution in [3.63, 3.8) is 0 Å². The molecular formula is C21H22FN5OS. The SMILES string of the molecule is C[C@@H](Sc1nncn1-c1ccccc1F)C(=O)N1CCN(c2ccccc2)CC1. The number of hydrogen-bond acceptors (Lipinski definition) is 5. The first kappa shape index (κ1) is 19.4. The van der Waals surface area contributed by atoms with Gasteiger partial charge in [0, 0.05) is 31.9 Å². The molecule has 150 valence electrons. The Morgan fingerprint density at radius 3 is 2.45 bits per heavy atom. The van der Waals surface area contributed by atoms with Crippen LogP contribution in [0.2, 0.25) is 0 Å². The number of rotatable bonds is 5. The predicted molar refractivity (Wildman–Crippen MR) is 112 cm³/mol. The molecular weight excluding hydrogens is 389 g/mol. The maximum Gasteiger partial charge on any atom is 0.236 e. The third kappa shape index (κ3) is 4.27. The molecule has 4 rings (SSSR count). The minimum Gasteiger partial charge on any atom is -0.368 e. The van der Waals surface area contributed by atoms with Crippen molar-refractivity contribution in [1.29, 1.82) is 0 Å². The third-order valence-electron chi connectivity index (χ3n) is 4.97. The number of para-hydroxylation sites is 2. The van der Waals surface area contributed by atoms with E-state index in [9.17, 15) is 9.18 Å². The van der Waals surface area contributed by atoms with Crippen LogP contribution in [0.25, 0.3) is 5.69 Å². The van der Waals surface area contributed by atoms with Crippen LogP contribution in [0.3, 0.4) is 0 Å². The average Bonchev–Trinajstić information content (AvgIpc) is 3.22. The van der Waals surface area contributed by atoms with E-state index < -0.39 is 0 Å². The van der Waals surface area contributed by atoms with Crippen LogP contribution in [0.5, 0.6) is 0 Å². The lowest BCUT2D eigenvalue weighted by Crippen LogP contribution is -2.50. The van der Waals surface area contributed by atoms with Crippen molar-refractivity contribution in [3.8, 4) is 5.69 Å². The molecule has 3 aromatic rings. The van der Waals surface area contributed by atoms with Gasteiger partial charge in [0.05, 0.1) is 10.9 Å². The highest BCUT2D eigenvalue weighted by atomic mass is 32.2. The summed E-state index contributed by atoms with van der Waals surface area (Å²) in [7, 11) is 0. The molecule has 0 bridgehead atoms. The first-order valence-electron chi connectivity index (χ1n) is 9.54. The van der Waals surface area contributed by atoms with E-state index in [1.54, 1.807) is 22.8 Å². The van der Waals surface area contributed by atoms with Crippen LogP contribution in [0.15, 0.2) is 66.1 Å². The topological polar surface area (TPSA) is 54.3 Å². The molecule has 1 fully saturated rings. The van der Waals surface area contributed by atoms with Crippen molar-refractivity contribution in [2.45, 2.75) is 17.3 Å². The molecule has 1 atom stereocenters.